The van der Waals surface area contributed by atoms with Gasteiger partial charge in [0, 0.05) is 20.1 Å². The van der Waals surface area contributed by atoms with Crippen LogP contribution >= 0.6 is 15.9 Å². The Labute approximate surface area is 138 Å². The number of aryl methyl sites for hydroxylation is 1. The lowest BCUT2D eigenvalue weighted by Crippen LogP contribution is -2.45. The van der Waals surface area contributed by atoms with Crippen LogP contribution in [0, 0.1) is 5.92 Å². The highest BCUT2D eigenvalue weighted by Crippen LogP contribution is 2.27. The summed E-state index contributed by atoms with van der Waals surface area (Å²) in [6.45, 7) is -0.479. The second-order valence-electron chi connectivity index (χ2n) is 5.39. The van der Waals surface area contributed by atoms with Crippen LogP contribution < -0.4 is 15.8 Å². The third-order valence-corrected chi connectivity index (χ3v) is 4.40. The van der Waals surface area contributed by atoms with Crippen molar-refractivity contribution in [2.45, 2.75) is 19.0 Å². The molecule has 2 heterocycles. The Morgan fingerprint density at radius 2 is 2.22 bits per heavy atom. The average Bonchev–Trinajstić information content (AvgIpc) is 2.50. The van der Waals surface area contributed by atoms with E-state index in [2.05, 4.69) is 21.0 Å². The smallest absolute Gasteiger partial charge is 0.368 e. The van der Waals surface area contributed by atoms with Crippen LogP contribution in [0.1, 0.15) is 12.8 Å². The van der Waals surface area contributed by atoms with Gasteiger partial charge in [-0.15, -0.1) is 0 Å². The molecule has 6 nitrogen and oxygen atoms in total. The van der Waals surface area contributed by atoms with Gasteiger partial charge >= 0.3 is 6.18 Å². The second kappa shape index (κ2) is 6.90. The van der Waals surface area contributed by atoms with Crippen molar-refractivity contribution in [3.8, 4) is 0 Å². The summed E-state index contributed by atoms with van der Waals surface area (Å²) < 4.78 is 38.0. The van der Waals surface area contributed by atoms with Crippen molar-refractivity contribution in [3.05, 3.63) is 21.0 Å². The summed E-state index contributed by atoms with van der Waals surface area (Å²) in [7, 11) is 1.51. The van der Waals surface area contributed by atoms with Crippen molar-refractivity contribution in [1.29, 1.82) is 0 Å². The number of anilines is 1. The van der Waals surface area contributed by atoms with Crippen LogP contribution in [0.3, 0.4) is 0 Å². The van der Waals surface area contributed by atoms with E-state index in [1.165, 1.54) is 17.9 Å². The molecule has 0 aromatic carbocycles. The van der Waals surface area contributed by atoms with Crippen LogP contribution in [0.5, 0.6) is 0 Å². The average molecular weight is 397 g/mol. The van der Waals surface area contributed by atoms with Crippen LogP contribution in [0.15, 0.2) is 15.5 Å². The predicted molar refractivity (Wildman–Crippen MR) is 81.2 cm³/mol. The first kappa shape index (κ1) is 17.8. The number of nitrogens with zero attached hydrogens (tertiary/aromatic N) is 3. The van der Waals surface area contributed by atoms with E-state index in [4.69, 9.17) is 0 Å². The minimum atomic E-state index is -4.43. The van der Waals surface area contributed by atoms with Crippen molar-refractivity contribution >= 4 is 27.5 Å². The maximum Gasteiger partial charge on any atom is 0.405 e. The molecule has 1 aromatic rings. The van der Waals surface area contributed by atoms with E-state index in [0.717, 1.165) is 0 Å². The Morgan fingerprint density at radius 3 is 2.87 bits per heavy atom. The van der Waals surface area contributed by atoms with Crippen LogP contribution in [-0.2, 0) is 11.8 Å². The number of amides is 1. The van der Waals surface area contributed by atoms with Gasteiger partial charge in [0.2, 0.25) is 5.91 Å². The molecular formula is C13H16BrF3N4O2. The monoisotopic (exact) mass is 396 g/mol. The molecule has 0 saturated carbocycles. The van der Waals surface area contributed by atoms with E-state index < -0.39 is 24.5 Å². The molecular weight excluding hydrogens is 381 g/mol. The maximum atomic E-state index is 12.2. The summed E-state index contributed by atoms with van der Waals surface area (Å²) in [5.74, 6) is -1.18. The van der Waals surface area contributed by atoms with Crippen molar-refractivity contribution in [2.75, 3.05) is 24.5 Å². The van der Waals surface area contributed by atoms with Crippen LogP contribution in [0.25, 0.3) is 0 Å². The summed E-state index contributed by atoms with van der Waals surface area (Å²) in [6.07, 6.45) is -1.77. The molecule has 1 aliphatic heterocycles. The fraction of sp³-hybridized carbons (Fsp3) is 0.615. The summed E-state index contributed by atoms with van der Waals surface area (Å²) in [5, 5.41) is 5.85. The molecule has 10 heteroatoms. The SMILES string of the molecule is Cn1ncc(N2CCCC(C(=O)NCC(F)(F)F)C2)c(Br)c1=O. The molecule has 1 aliphatic rings. The van der Waals surface area contributed by atoms with Gasteiger partial charge in [-0.1, -0.05) is 0 Å². The molecule has 1 unspecified atom stereocenters. The van der Waals surface area contributed by atoms with Crippen molar-refractivity contribution in [1.82, 2.24) is 15.1 Å². The van der Waals surface area contributed by atoms with Gasteiger partial charge in [0.15, 0.2) is 0 Å². The molecule has 0 radical (unpaired) electrons. The van der Waals surface area contributed by atoms with Gasteiger partial charge in [0.05, 0.1) is 17.8 Å². The largest absolute Gasteiger partial charge is 0.405 e. The minimum absolute atomic E-state index is 0.247. The van der Waals surface area contributed by atoms with Gasteiger partial charge in [-0.25, -0.2) is 4.68 Å². The van der Waals surface area contributed by atoms with Crippen molar-refractivity contribution < 1.29 is 18.0 Å². The minimum Gasteiger partial charge on any atom is -0.368 e. The fourth-order valence-corrected chi connectivity index (χ4v) is 3.07. The molecule has 0 bridgehead atoms. The molecule has 1 amide bonds. The first-order valence-corrected chi connectivity index (χ1v) is 7.79. The van der Waals surface area contributed by atoms with E-state index in [0.29, 0.717) is 29.5 Å². The van der Waals surface area contributed by atoms with Crippen LogP contribution in [-0.4, -0.2) is 41.5 Å². The standard InChI is InChI=1S/C13H16BrF3N4O2/c1-20-12(23)10(14)9(5-19-20)21-4-2-3-8(6-21)11(22)18-7-13(15,16)17/h5,8H,2-4,6-7H2,1H3,(H,18,22). The summed E-state index contributed by atoms with van der Waals surface area (Å²) in [5.41, 5.74) is 0.229. The number of carbonyl (C=O) groups is 1. The summed E-state index contributed by atoms with van der Waals surface area (Å²) in [4.78, 5) is 25.6. The van der Waals surface area contributed by atoms with E-state index in [1.807, 2.05) is 5.32 Å². The number of alkyl halides is 3. The van der Waals surface area contributed by atoms with Crippen molar-refractivity contribution in [2.24, 2.45) is 13.0 Å². The highest BCUT2D eigenvalue weighted by molar-refractivity contribution is 9.10. The zero-order valence-electron chi connectivity index (χ0n) is 12.4. The zero-order chi connectivity index (χ0) is 17.2. The van der Waals surface area contributed by atoms with Gasteiger partial charge in [-0.05, 0) is 28.8 Å². The first-order chi connectivity index (χ1) is 10.7. The normalized spacial score (nSPS) is 18.8. The summed E-state index contributed by atoms with van der Waals surface area (Å²) >= 11 is 3.22. The second-order valence-corrected chi connectivity index (χ2v) is 6.18. The van der Waals surface area contributed by atoms with Gasteiger partial charge in [-0.3, -0.25) is 9.59 Å². The Bertz CT molecular complexity index is 647. The quantitative estimate of drug-likeness (QED) is 0.839. The highest BCUT2D eigenvalue weighted by atomic mass is 79.9. The summed E-state index contributed by atoms with van der Waals surface area (Å²) in [6, 6.07) is 0. The lowest BCUT2D eigenvalue weighted by Gasteiger charge is -2.34. The Balaban J connectivity index is 2.08. The Hall–Kier alpha value is -1.58. The number of aromatic nitrogens is 2. The number of rotatable bonds is 3. The molecule has 23 heavy (non-hydrogen) atoms. The predicted octanol–water partition coefficient (Wildman–Crippen LogP) is 1.44. The van der Waals surface area contributed by atoms with Gasteiger partial charge in [0.1, 0.15) is 11.0 Å². The van der Waals surface area contributed by atoms with E-state index in [9.17, 15) is 22.8 Å². The number of hydrogen-bond acceptors (Lipinski definition) is 4. The highest BCUT2D eigenvalue weighted by Gasteiger charge is 2.32. The zero-order valence-corrected chi connectivity index (χ0v) is 13.9. The number of hydrogen-bond donors (Lipinski definition) is 1. The lowest BCUT2D eigenvalue weighted by atomic mass is 9.97. The molecule has 0 aliphatic carbocycles. The lowest BCUT2D eigenvalue weighted by molar-refractivity contribution is -0.140. The number of halogens is 4. The molecule has 0 spiro atoms. The number of piperidine rings is 1. The number of carbonyl (C=O) groups excluding carboxylic acids is 1. The maximum absolute atomic E-state index is 12.2. The van der Waals surface area contributed by atoms with Gasteiger partial charge < -0.3 is 10.2 Å². The van der Waals surface area contributed by atoms with Crippen LogP contribution in [0.4, 0.5) is 18.9 Å². The topological polar surface area (TPSA) is 67.2 Å². The van der Waals surface area contributed by atoms with Gasteiger partial charge in [0.25, 0.3) is 5.56 Å². The Kier molecular flexibility index (Phi) is 5.33. The molecule has 1 N–H and O–H groups in total. The van der Waals surface area contributed by atoms with Crippen molar-refractivity contribution in [3.63, 3.8) is 0 Å². The third-order valence-electron chi connectivity index (χ3n) is 3.66. The van der Waals surface area contributed by atoms with E-state index in [-0.39, 0.29) is 12.1 Å². The molecule has 1 fully saturated rings. The first-order valence-electron chi connectivity index (χ1n) is 7.00. The van der Waals surface area contributed by atoms with E-state index >= 15 is 0 Å². The Morgan fingerprint density at radius 1 is 1.52 bits per heavy atom. The van der Waals surface area contributed by atoms with E-state index in [1.54, 1.807) is 4.90 Å². The molecule has 1 atom stereocenters. The number of nitrogens with one attached hydrogen (secondary N) is 1. The fourth-order valence-electron chi connectivity index (χ4n) is 2.46. The molecule has 1 saturated heterocycles. The van der Waals surface area contributed by atoms with Crippen LogP contribution in [0.2, 0.25) is 0 Å². The third kappa shape index (κ3) is 4.46. The molecule has 128 valence electrons. The molecule has 2 rings (SSSR count). The molecule has 1 aromatic heterocycles. The van der Waals surface area contributed by atoms with Gasteiger partial charge in [-0.2, -0.15) is 18.3 Å².